The molecular formula is C25H29N3O5. The summed E-state index contributed by atoms with van der Waals surface area (Å²) in [5, 5.41) is 5.04. The van der Waals surface area contributed by atoms with Crippen LogP contribution in [0.2, 0.25) is 0 Å². The highest BCUT2D eigenvalue weighted by atomic mass is 16.5. The molecule has 0 bridgehead atoms. The van der Waals surface area contributed by atoms with E-state index in [1.165, 1.54) is 4.68 Å². The summed E-state index contributed by atoms with van der Waals surface area (Å²) < 4.78 is 14.4. The van der Waals surface area contributed by atoms with Gasteiger partial charge in [0.25, 0.3) is 5.56 Å². The minimum absolute atomic E-state index is 0.0237. The Labute approximate surface area is 192 Å². The number of fused-ring (bicyclic) bond motifs is 1. The van der Waals surface area contributed by atoms with Crippen molar-refractivity contribution in [1.29, 1.82) is 0 Å². The van der Waals surface area contributed by atoms with Gasteiger partial charge in [-0.3, -0.25) is 9.59 Å². The Balaban J connectivity index is 1.54. The summed E-state index contributed by atoms with van der Waals surface area (Å²) in [6, 6.07) is 8.37. The number of hydrogen-bond acceptors (Lipinski definition) is 6. The average Bonchev–Trinajstić information content (AvgIpc) is 3.41. The molecule has 0 N–H and O–H groups in total. The van der Waals surface area contributed by atoms with Crippen molar-refractivity contribution < 1.29 is 19.1 Å². The lowest BCUT2D eigenvalue weighted by molar-refractivity contribution is 0.0468. The first-order valence-corrected chi connectivity index (χ1v) is 11.3. The molecule has 1 fully saturated rings. The van der Waals surface area contributed by atoms with E-state index in [-0.39, 0.29) is 29.2 Å². The maximum atomic E-state index is 12.9. The minimum atomic E-state index is -0.734. The quantitative estimate of drug-likeness (QED) is 0.402. The summed E-state index contributed by atoms with van der Waals surface area (Å²) in [5.41, 5.74) is 2.08. The Hall–Kier alpha value is -3.26. The van der Waals surface area contributed by atoms with E-state index >= 15 is 0 Å². The summed E-state index contributed by atoms with van der Waals surface area (Å²) in [4.78, 5) is 38.5. The van der Waals surface area contributed by atoms with Crippen LogP contribution in [0.4, 0.5) is 0 Å². The van der Waals surface area contributed by atoms with Crippen LogP contribution in [0.25, 0.3) is 10.8 Å². The zero-order chi connectivity index (χ0) is 23.7. The number of hydrogen-bond donors (Lipinski definition) is 0. The fraction of sp³-hybridized carbons (Fsp3) is 0.440. The van der Waals surface area contributed by atoms with Gasteiger partial charge in [0.15, 0.2) is 12.3 Å². The lowest BCUT2D eigenvalue weighted by Crippen LogP contribution is -2.28. The summed E-state index contributed by atoms with van der Waals surface area (Å²) in [7, 11) is 0. The number of ketones is 1. The van der Waals surface area contributed by atoms with Crippen LogP contribution in [-0.4, -0.2) is 45.4 Å². The molecule has 0 spiro atoms. The van der Waals surface area contributed by atoms with Gasteiger partial charge in [-0.2, -0.15) is 5.10 Å². The molecule has 1 aliphatic heterocycles. The smallest absolute Gasteiger partial charge is 0.359 e. The highest BCUT2D eigenvalue weighted by Crippen LogP contribution is 2.21. The molecule has 1 saturated heterocycles. The summed E-state index contributed by atoms with van der Waals surface area (Å²) in [6.07, 6.45) is 2.22. The van der Waals surface area contributed by atoms with Gasteiger partial charge in [0, 0.05) is 35.5 Å². The molecule has 1 aromatic carbocycles. The van der Waals surface area contributed by atoms with E-state index in [2.05, 4.69) is 9.67 Å². The van der Waals surface area contributed by atoms with Crippen LogP contribution in [-0.2, 0) is 16.0 Å². The molecule has 0 aliphatic carbocycles. The highest BCUT2D eigenvalue weighted by Gasteiger charge is 2.23. The van der Waals surface area contributed by atoms with Crippen molar-refractivity contribution in [3.05, 3.63) is 63.3 Å². The van der Waals surface area contributed by atoms with Crippen molar-refractivity contribution in [2.75, 3.05) is 13.2 Å². The number of benzene rings is 1. The van der Waals surface area contributed by atoms with Crippen molar-refractivity contribution in [3.63, 3.8) is 0 Å². The topological polar surface area (TPSA) is 92.4 Å². The fourth-order valence-corrected chi connectivity index (χ4v) is 4.34. The van der Waals surface area contributed by atoms with E-state index in [0.717, 1.165) is 30.8 Å². The van der Waals surface area contributed by atoms with Crippen molar-refractivity contribution in [3.8, 4) is 0 Å². The molecule has 3 aromatic rings. The molecular weight excluding hydrogens is 422 g/mol. The SMILES string of the molecule is Cc1cc(C(=O)COC(=O)c2nn(C(C)C)c(=O)c3ccccc23)c(C)n1CC1CCCO1. The molecule has 1 atom stereocenters. The van der Waals surface area contributed by atoms with Crippen LogP contribution in [0.1, 0.15) is 65.0 Å². The second-order valence-electron chi connectivity index (χ2n) is 8.77. The summed E-state index contributed by atoms with van der Waals surface area (Å²) >= 11 is 0. The average molecular weight is 452 g/mol. The molecule has 33 heavy (non-hydrogen) atoms. The molecule has 8 nitrogen and oxygen atoms in total. The summed E-state index contributed by atoms with van der Waals surface area (Å²) in [6.45, 7) is 8.55. The zero-order valence-electron chi connectivity index (χ0n) is 19.5. The lowest BCUT2D eigenvalue weighted by Gasteiger charge is -2.15. The van der Waals surface area contributed by atoms with Gasteiger partial charge < -0.3 is 14.0 Å². The van der Waals surface area contributed by atoms with Gasteiger partial charge in [-0.1, -0.05) is 18.2 Å². The molecule has 1 unspecified atom stereocenters. The predicted octanol–water partition coefficient (Wildman–Crippen LogP) is 3.61. The van der Waals surface area contributed by atoms with Crippen molar-refractivity contribution in [2.24, 2.45) is 0 Å². The van der Waals surface area contributed by atoms with Crippen LogP contribution in [0.5, 0.6) is 0 Å². The van der Waals surface area contributed by atoms with Crippen LogP contribution in [0, 0.1) is 13.8 Å². The van der Waals surface area contributed by atoms with Gasteiger partial charge in [0.1, 0.15) is 0 Å². The normalized spacial score (nSPS) is 16.0. The van der Waals surface area contributed by atoms with E-state index < -0.39 is 12.6 Å². The van der Waals surface area contributed by atoms with Crippen LogP contribution < -0.4 is 5.56 Å². The number of carbonyl (C=O) groups is 2. The maximum Gasteiger partial charge on any atom is 0.359 e. The van der Waals surface area contributed by atoms with Crippen LogP contribution >= 0.6 is 0 Å². The first kappa shape index (κ1) is 22.9. The third-order valence-electron chi connectivity index (χ3n) is 6.13. The Morgan fingerprint density at radius 2 is 1.94 bits per heavy atom. The number of aromatic nitrogens is 3. The Bertz CT molecular complexity index is 1270. The highest BCUT2D eigenvalue weighted by molar-refractivity contribution is 6.04. The first-order valence-electron chi connectivity index (χ1n) is 11.3. The van der Waals surface area contributed by atoms with E-state index in [4.69, 9.17) is 9.47 Å². The molecule has 174 valence electrons. The maximum absolute atomic E-state index is 12.9. The largest absolute Gasteiger partial charge is 0.452 e. The zero-order valence-corrected chi connectivity index (χ0v) is 19.5. The number of aryl methyl sites for hydroxylation is 1. The molecule has 2 aromatic heterocycles. The molecule has 0 amide bonds. The number of nitrogens with zero attached hydrogens (tertiary/aromatic N) is 3. The minimum Gasteiger partial charge on any atom is -0.452 e. The van der Waals surface area contributed by atoms with E-state index in [0.29, 0.717) is 22.9 Å². The van der Waals surface area contributed by atoms with Gasteiger partial charge in [-0.15, -0.1) is 0 Å². The van der Waals surface area contributed by atoms with Crippen molar-refractivity contribution in [1.82, 2.24) is 14.3 Å². The second-order valence-corrected chi connectivity index (χ2v) is 8.77. The molecule has 0 radical (unpaired) electrons. The fourth-order valence-electron chi connectivity index (χ4n) is 4.34. The standard InChI is InChI=1S/C25H29N3O5/c1-15(2)28-24(30)20-10-6-5-9-19(20)23(26-28)25(31)33-14-22(29)21-12-16(3)27(17(21)4)13-18-8-7-11-32-18/h5-6,9-10,12,15,18H,7-8,11,13-14H2,1-4H3. The molecule has 1 aliphatic rings. The third-order valence-corrected chi connectivity index (χ3v) is 6.13. The van der Waals surface area contributed by atoms with Gasteiger partial charge in [0.05, 0.1) is 17.5 Å². The second kappa shape index (κ2) is 9.31. The number of Topliss-reactive ketones (excluding diaryl/α,β-unsaturated/α-hetero) is 1. The van der Waals surface area contributed by atoms with Crippen molar-refractivity contribution in [2.45, 2.75) is 59.2 Å². The van der Waals surface area contributed by atoms with E-state index in [9.17, 15) is 14.4 Å². The van der Waals surface area contributed by atoms with Gasteiger partial charge >= 0.3 is 5.97 Å². The molecule has 0 saturated carbocycles. The lowest BCUT2D eigenvalue weighted by atomic mass is 10.1. The molecule has 3 heterocycles. The van der Waals surface area contributed by atoms with Gasteiger partial charge in [0.2, 0.25) is 5.78 Å². The number of esters is 1. The number of carbonyl (C=O) groups excluding carboxylic acids is 2. The summed E-state index contributed by atoms with van der Waals surface area (Å²) in [5.74, 6) is -1.02. The van der Waals surface area contributed by atoms with Crippen LogP contribution in [0.3, 0.4) is 0 Å². The molecule has 8 heteroatoms. The van der Waals surface area contributed by atoms with Crippen molar-refractivity contribution >= 4 is 22.5 Å². The van der Waals surface area contributed by atoms with Crippen LogP contribution in [0.15, 0.2) is 35.1 Å². The predicted molar refractivity (Wildman–Crippen MR) is 124 cm³/mol. The Kier molecular flexibility index (Phi) is 6.47. The van der Waals surface area contributed by atoms with E-state index in [1.54, 1.807) is 24.3 Å². The van der Waals surface area contributed by atoms with Gasteiger partial charge in [-0.25, -0.2) is 9.48 Å². The number of rotatable bonds is 7. The number of ether oxygens (including phenoxy) is 2. The molecule has 4 rings (SSSR count). The van der Waals surface area contributed by atoms with E-state index in [1.807, 2.05) is 33.8 Å². The third kappa shape index (κ3) is 4.48. The Morgan fingerprint density at radius 1 is 1.21 bits per heavy atom. The Morgan fingerprint density at radius 3 is 2.61 bits per heavy atom. The monoisotopic (exact) mass is 451 g/mol. The first-order chi connectivity index (χ1) is 15.8. The van der Waals surface area contributed by atoms with Gasteiger partial charge in [-0.05, 0) is 52.7 Å².